The van der Waals surface area contributed by atoms with Gasteiger partial charge in [0.05, 0.1) is 6.04 Å². The van der Waals surface area contributed by atoms with Gasteiger partial charge in [0.2, 0.25) is 0 Å². The zero-order chi connectivity index (χ0) is 15.0. The van der Waals surface area contributed by atoms with Gasteiger partial charge < -0.3 is 15.1 Å². The molecule has 0 aliphatic heterocycles. The van der Waals surface area contributed by atoms with Crippen LogP contribution in [0, 0.1) is 0 Å². The molecule has 1 atom stereocenters. The zero-order valence-corrected chi connectivity index (χ0v) is 12.6. The van der Waals surface area contributed by atoms with E-state index in [9.17, 15) is 0 Å². The molecule has 3 rings (SSSR count). The summed E-state index contributed by atoms with van der Waals surface area (Å²) in [6, 6.07) is 13.9. The number of hydrogen-bond donors (Lipinski definition) is 1. The van der Waals surface area contributed by atoms with Crippen LogP contribution < -0.4 is 10.6 Å². The third-order valence-corrected chi connectivity index (χ3v) is 3.85. The molecule has 0 bridgehead atoms. The van der Waals surface area contributed by atoms with Gasteiger partial charge in [-0.1, -0.05) is 23.7 Å². The van der Waals surface area contributed by atoms with Crippen LogP contribution in [0.15, 0.2) is 46.9 Å². The minimum Gasteiger partial charge on any atom is -0.423 e. The quantitative estimate of drug-likeness (QED) is 0.734. The van der Waals surface area contributed by atoms with Gasteiger partial charge in [-0.2, -0.15) is 4.98 Å². The Morgan fingerprint density at radius 1 is 1.24 bits per heavy atom. The molecule has 1 aromatic heterocycles. The highest BCUT2D eigenvalue weighted by atomic mass is 35.5. The van der Waals surface area contributed by atoms with Crippen LogP contribution >= 0.6 is 11.6 Å². The van der Waals surface area contributed by atoms with E-state index in [4.69, 9.17) is 21.8 Å². The SMILES string of the molecule is CC(c1cccc(Cl)c1)N(C)c1nc2ccc(N)cc2o1. The van der Waals surface area contributed by atoms with Gasteiger partial charge in [-0.05, 0) is 36.8 Å². The fourth-order valence-electron chi connectivity index (χ4n) is 2.24. The molecule has 0 aliphatic rings. The molecule has 1 heterocycles. The van der Waals surface area contributed by atoms with Crippen molar-refractivity contribution in [3.8, 4) is 0 Å². The molecule has 1 unspecified atom stereocenters. The lowest BCUT2D eigenvalue weighted by atomic mass is 10.1. The van der Waals surface area contributed by atoms with E-state index >= 15 is 0 Å². The molecule has 0 radical (unpaired) electrons. The number of oxazole rings is 1. The predicted molar refractivity (Wildman–Crippen MR) is 86.7 cm³/mol. The van der Waals surface area contributed by atoms with Crippen LogP contribution in [0.2, 0.25) is 5.02 Å². The van der Waals surface area contributed by atoms with E-state index in [1.165, 1.54) is 0 Å². The Hall–Kier alpha value is -2.20. The molecule has 0 spiro atoms. The topological polar surface area (TPSA) is 55.3 Å². The fraction of sp³-hybridized carbons (Fsp3) is 0.188. The van der Waals surface area contributed by atoms with Gasteiger partial charge in [0, 0.05) is 23.8 Å². The van der Waals surface area contributed by atoms with Gasteiger partial charge in [0.15, 0.2) is 5.58 Å². The molecule has 0 fully saturated rings. The van der Waals surface area contributed by atoms with Crippen LogP contribution in [-0.4, -0.2) is 12.0 Å². The third-order valence-electron chi connectivity index (χ3n) is 3.61. The van der Waals surface area contributed by atoms with E-state index < -0.39 is 0 Å². The molecule has 2 aromatic carbocycles. The first-order valence-electron chi connectivity index (χ1n) is 6.69. The number of rotatable bonds is 3. The second kappa shape index (κ2) is 5.30. The summed E-state index contributed by atoms with van der Waals surface area (Å²) in [6.07, 6.45) is 0. The van der Waals surface area contributed by atoms with E-state index in [2.05, 4.69) is 11.9 Å². The standard InChI is InChI=1S/C16H16ClN3O/c1-10(11-4-3-5-12(17)8-11)20(2)16-19-14-7-6-13(18)9-15(14)21-16/h3-10H,18H2,1-2H3. The Balaban J connectivity index is 1.94. The Bertz CT molecular complexity index is 784. The van der Waals surface area contributed by atoms with E-state index in [-0.39, 0.29) is 6.04 Å². The van der Waals surface area contributed by atoms with Crippen molar-refractivity contribution in [1.82, 2.24) is 4.98 Å². The second-order valence-corrected chi connectivity index (χ2v) is 5.50. The highest BCUT2D eigenvalue weighted by Gasteiger charge is 2.17. The van der Waals surface area contributed by atoms with Crippen LogP contribution in [0.25, 0.3) is 11.1 Å². The summed E-state index contributed by atoms with van der Waals surface area (Å²) in [6.45, 7) is 2.08. The Labute approximate surface area is 128 Å². The van der Waals surface area contributed by atoms with E-state index in [1.807, 2.05) is 48.3 Å². The maximum atomic E-state index is 6.05. The van der Waals surface area contributed by atoms with E-state index in [1.54, 1.807) is 6.07 Å². The van der Waals surface area contributed by atoms with Gasteiger partial charge in [-0.15, -0.1) is 0 Å². The number of fused-ring (bicyclic) bond motifs is 1. The summed E-state index contributed by atoms with van der Waals surface area (Å²) in [5, 5.41) is 0.720. The maximum Gasteiger partial charge on any atom is 0.298 e. The van der Waals surface area contributed by atoms with Gasteiger partial charge in [0.1, 0.15) is 5.52 Å². The van der Waals surface area contributed by atoms with Crippen molar-refractivity contribution in [3.63, 3.8) is 0 Å². The summed E-state index contributed by atoms with van der Waals surface area (Å²) >= 11 is 6.05. The number of benzene rings is 2. The van der Waals surface area contributed by atoms with Crippen LogP contribution in [0.1, 0.15) is 18.5 Å². The molecular weight excluding hydrogens is 286 g/mol. The van der Waals surface area contributed by atoms with Gasteiger partial charge in [-0.25, -0.2) is 0 Å². The molecule has 5 heteroatoms. The molecule has 4 nitrogen and oxygen atoms in total. The normalized spacial score (nSPS) is 12.5. The first-order chi connectivity index (χ1) is 10.0. The lowest BCUT2D eigenvalue weighted by Crippen LogP contribution is -2.21. The summed E-state index contributed by atoms with van der Waals surface area (Å²) < 4.78 is 5.79. The van der Waals surface area contributed by atoms with E-state index in [0.717, 1.165) is 16.1 Å². The molecule has 108 valence electrons. The molecule has 0 saturated heterocycles. The summed E-state index contributed by atoms with van der Waals surface area (Å²) in [5.74, 6) is 0. The average Bonchev–Trinajstić information content (AvgIpc) is 2.88. The molecule has 3 aromatic rings. The van der Waals surface area contributed by atoms with E-state index in [0.29, 0.717) is 17.3 Å². The second-order valence-electron chi connectivity index (χ2n) is 5.07. The van der Waals surface area contributed by atoms with Crippen molar-refractivity contribution in [2.24, 2.45) is 0 Å². The number of halogens is 1. The zero-order valence-electron chi connectivity index (χ0n) is 11.9. The molecular formula is C16H16ClN3O. The number of anilines is 2. The Kier molecular flexibility index (Phi) is 3.47. The predicted octanol–water partition coefficient (Wildman–Crippen LogP) is 4.26. The van der Waals surface area contributed by atoms with Crippen molar-refractivity contribution in [1.29, 1.82) is 0 Å². The Morgan fingerprint density at radius 2 is 2.05 bits per heavy atom. The van der Waals surface area contributed by atoms with Crippen molar-refractivity contribution in [2.45, 2.75) is 13.0 Å². The lowest BCUT2D eigenvalue weighted by Gasteiger charge is -2.23. The van der Waals surface area contributed by atoms with Crippen LogP contribution in [0.4, 0.5) is 11.7 Å². The summed E-state index contributed by atoms with van der Waals surface area (Å²) in [7, 11) is 1.94. The molecule has 0 saturated carbocycles. The van der Waals surface area contributed by atoms with Gasteiger partial charge in [-0.3, -0.25) is 0 Å². The van der Waals surface area contributed by atoms with Crippen LogP contribution in [0.5, 0.6) is 0 Å². The van der Waals surface area contributed by atoms with Crippen LogP contribution in [-0.2, 0) is 0 Å². The first-order valence-corrected chi connectivity index (χ1v) is 7.07. The van der Waals surface area contributed by atoms with Crippen molar-refractivity contribution in [3.05, 3.63) is 53.1 Å². The smallest absolute Gasteiger partial charge is 0.298 e. The molecule has 0 aliphatic carbocycles. The lowest BCUT2D eigenvalue weighted by molar-refractivity contribution is 0.557. The first kappa shape index (κ1) is 13.8. The minimum absolute atomic E-state index is 0.0918. The summed E-state index contributed by atoms with van der Waals surface area (Å²) in [4.78, 5) is 6.47. The monoisotopic (exact) mass is 301 g/mol. The number of aromatic nitrogens is 1. The largest absolute Gasteiger partial charge is 0.423 e. The Morgan fingerprint density at radius 3 is 2.81 bits per heavy atom. The number of hydrogen-bond acceptors (Lipinski definition) is 4. The summed E-state index contributed by atoms with van der Waals surface area (Å²) in [5.41, 5.74) is 9.01. The maximum absolute atomic E-state index is 6.05. The number of nitrogens with zero attached hydrogens (tertiary/aromatic N) is 2. The van der Waals surface area contributed by atoms with Gasteiger partial charge >= 0.3 is 0 Å². The van der Waals surface area contributed by atoms with Crippen molar-refractivity contribution in [2.75, 3.05) is 17.7 Å². The molecule has 2 N–H and O–H groups in total. The van der Waals surface area contributed by atoms with Crippen molar-refractivity contribution < 1.29 is 4.42 Å². The fourth-order valence-corrected chi connectivity index (χ4v) is 2.43. The van der Waals surface area contributed by atoms with Gasteiger partial charge in [0.25, 0.3) is 6.01 Å². The average molecular weight is 302 g/mol. The van der Waals surface area contributed by atoms with Crippen LogP contribution in [0.3, 0.4) is 0 Å². The highest BCUT2D eigenvalue weighted by Crippen LogP contribution is 2.29. The number of nitrogen functional groups attached to an aromatic ring is 1. The molecule has 21 heavy (non-hydrogen) atoms. The van der Waals surface area contributed by atoms with Crippen molar-refractivity contribution >= 4 is 34.4 Å². The highest BCUT2D eigenvalue weighted by molar-refractivity contribution is 6.30. The minimum atomic E-state index is 0.0918. The third kappa shape index (κ3) is 2.67. The number of nitrogens with two attached hydrogens (primary N) is 1. The molecule has 0 amide bonds.